The molecular weight excluding hydrogens is 234 g/mol. The zero-order valence-corrected chi connectivity index (χ0v) is 9.66. The molecular formula is C8H11Cl3O2. The molecule has 0 bridgehead atoms. The van der Waals surface area contributed by atoms with Crippen LogP contribution < -0.4 is 0 Å². The Morgan fingerprint density at radius 3 is 2.15 bits per heavy atom. The van der Waals surface area contributed by atoms with E-state index < -0.39 is 15.9 Å². The van der Waals surface area contributed by atoms with Crippen molar-refractivity contribution in [1.29, 1.82) is 0 Å². The molecule has 0 amide bonds. The van der Waals surface area contributed by atoms with E-state index in [0.717, 1.165) is 0 Å². The Morgan fingerprint density at radius 2 is 1.92 bits per heavy atom. The fourth-order valence-electron chi connectivity index (χ4n) is 0.647. The molecule has 13 heavy (non-hydrogen) atoms. The van der Waals surface area contributed by atoms with Crippen molar-refractivity contribution < 1.29 is 9.53 Å². The number of hydrogen-bond acceptors (Lipinski definition) is 2. The summed E-state index contributed by atoms with van der Waals surface area (Å²) >= 11 is 15.9. The van der Waals surface area contributed by atoms with E-state index in [0.29, 0.717) is 0 Å². The first-order chi connectivity index (χ1) is 5.79. The molecule has 0 rings (SSSR count). The summed E-state index contributed by atoms with van der Waals surface area (Å²) in [4.78, 5) is 11.1. The molecule has 2 nitrogen and oxygen atoms in total. The standard InChI is InChI=1S/C8H11Cl3O2/c1-4-6(5(2)3)13-7(12)8(9,10)11/h4-6H,1H2,2-3H3. The molecule has 0 aliphatic carbocycles. The maximum Gasteiger partial charge on any atom is 0.359 e. The summed E-state index contributed by atoms with van der Waals surface area (Å²) in [7, 11) is 0. The van der Waals surface area contributed by atoms with Gasteiger partial charge in [0.25, 0.3) is 3.79 Å². The lowest BCUT2D eigenvalue weighted by atomic mass is 10.1. The molecule has 5 heteroatoms. The minimum absolute atomic E-state index is 0.105. The molecule has 0 aromatic carbocycles. The zero-order chi connectivity index (χ0) is 10.6. The molecule has 0 saturated carbocycles. The molecule has 0 fully saturated rings. The van der Waals surface area contributed by atoms with Gasteiger partial charge in [-0.25, -0.2) is 4.79 Å². The molecule has 0 aliphatic rings. The van der Waals surface area contributed by atoms with Gasteiger partial charge >= 0.3 is 5.97 Å². The number of rotatable bonds is 3. The number of halogens is 3. The Balaban J connectivity index is 4.26. The van der Waals surface area contributed by atoms with E-state index in [-0.39, 0.29) is 5.92 Å². The molecule has 0 radical (unpaired) electrons. The fraction of sp³-hybridized carbons (Fsp3) is 0.625. The molecule has 0 heterocycles. The minimum atomic E-state index is -2.02. The van der Waals surface area contributed by atoms with Crippen LogP contribution in [0.25, 0.3) is 0 Å². The van der Waals surface area contributed by atoms with Gasteiger partial charge < -0.3 is 4.74 Å². The Kier molecular flexibility index (Phi) is 5.11. The van der Waals surface area contributed by atoms with E-state index in [4.69, 9.17) is 39.5 Å². The van der Waals surface area contributed by atoms with Crippen LogP contribution in [0, 0.1) is 5.92 Å². The molecule has 0 spiro atoms. The second-order valence-corrected chi connectivity index (χ2v) is 5.13. The third kappa shape index (κ3) is 4.75. The summed E-state index contributed by atoms with van der Waals surface area (Å²) in [5, 5.41) is 0. The van der Waals surface area contributed by atoms with E-state index in [9.17, 15) is 4.79 Å². The molecule has 0 aliphatic heterocycles. The lowest BCUT2D eigenvalue weighted by molar-refractivity contribution is -0.147. The van der Waals surface area contributed by atoms with Crippen molar-refractivity contribution in [1.82, 2.24) is 0 Å². The second-order valence-electron chi connectivity index (χ2n) is 2.85. The largest absolute Gasteiger partial charge is 0.455 e. The van der Waals surface area contributed by atoms with E-state index in [2.05, 4.69) is 6.58 Å². The van der Waals surface area contributed by atoms with Crippen LogP contribution in [0.2, 0.25) is 0 Å². The predicted octanol–water partition coefficient (Wildman–Crippen LogP) is 3.11. The van der Waals surface area contributed by atoms with Crippen molar-refractivity contribution in [2.75, 3.05) is 0 Å². The van der Waals surface area contributed by atoms with Gasteiger partial charge in [0.2, 0.25) is 0 Å². The SMILES string of the molecule is C=CC(OC(=O)C(Cl)(Cl)Cl)C(C)C. The van der Waals surface area contributed by atoms with E-state index in [1.165, 1.54) is 6.08 Å². The topological polar surface area (TPSA) is 26.3 Å². The molecule has 1 atom stereocenters. The van der Waals surface area contributed by atoms with Crippen LogP contribution in [0.15, 0.2) is 12.7 Å². The number of carbonyl (C=O) groups is 1. The highest BCUT2D eigenvalue weighted by molar-refractivity contribution is 6.75. The van der Waals surface area contributed by atoms with Crippen molar-refractivity contribution in [2.24, 2.45) is 5.92 Å². The Morgan fingerprint density at radius 1 is 1.46 bits per heavy atom. The average Bonchev–Trinajstić information content (AvgIpc) is 1.96. The van der Waals surface area contributed by atoms with Crippen LogP contribution in [0.4, 0.5) is 0 Å². The Labute approximate surface area is 92.8 Å². The maximum absolute atomic E-state index is 11.1. The minimum Gasteiger partial charge on any atom is -0.455 e. The van der Waals surface area contributed by atoms with Gasteiger partial charge in [-0.05, 0) is 5.92 Å². The smallest absolute Gasteiger partial charge is 0.359 e. The number of hydrogen-bond donors (Lipinski definition) is 0. The monoisotopic (exact) mass is 244 g/mol. The van der Waals surface area contributed by atoms with Crippen molar-refractivity contribution in [2.45, 2.75) is 23.7 Å². The first-order valence-electron chi connectivity index (χ1n) is 3.69. The number of ether oxygens (including phenoxy) is 1. The van der Waals surface area contributed by atoms with E-state index >= 15 is 0 Å². The second kappa shape index (κ2) is 5.08. The van der Waals surface area contributed by atoms with E-state index in [1.54, 1.807) is 0 Å². The van der Waals surface area contributed by atoms with Crippen LogP contribution in [-0.2, 0) is 9.53 Å². The van der Waals surface area contributed by atoms with Gasteiger partial charge in [-0.15, -0.1) is 0 Å². The van der Waals surface area contributed by atoms with Gasteiger partial charge in [-0.1, -0.05) is 61.3 Å². The van der Waals surface area contributed by atoms with Gasteiger partial charge in [0.15, 0.2) is 0 Å². The van der Waals surface area contributed by atoms with Gasteiger partial charge in [0.1, 0.15) is 6.10 Å². The summed E-state index contributed by atoms with van der Waals surface area (Å²) in [6, 6.07) is 0. The van der Waals surface area contributed by atoms with Gasteiger partial charge in [0, 0.05) is 0 Å². The number of esters is 1. The van der Waals surface area contributed by atoms with Gasteiger partial charge in [-0.3, -0.25) is 0 Å². The summed E-state index contributed by atoms with van der Waals surface area (Å²) < 4.78 is 2.85. The highest BCUT2D eigenvalue weighted by Crippen LogP contribution is 2.28. The van der Waals surface area contributed by atoms with Gasteiger partial charge in [-0.2, -0.15) is 0 Å². The first-order valence-corrected chi connectivity index (χ1v) is 4.82. The lowest BCUT2D eigenvalue weighted by Gasteiger charge is -2.19. The number of carbonyl (C=O) groups excluding carboxylic acids is 1. The molecule has 76 valence electrons. The quantitative estimate of drug-likeness (QED) is 0.434. The molecule has 1 unspecified atom stereocenters. The van der Waals surface area contributed by atoms with Crippen molar-refractivity contribution in [3.05, 3.63) is 12.7 Å². The van der Waals surface area contributed by atoms with Crippen LogP contribution in [0.3, 0.4) is 0 Å². The number of alkyl halides is 3. The summed E-state index contributed by atoms with van der Waals surface area (Å²) in [5.74, 6) is -0.773. The van der Waals surface area contributed by atoms with Gasteiger partial charge in [0.05, 0.1) is 0 Å². The van der Waals surface area contributed by atoms with E-state index in [1.807, 2.05) is 13.8 Å². The third-order valence-corrected chi connectivity index (χ3v) is 1.83. The maximum atomic E-state index is 11.1. The van der Waals surface area contributed by atoms with Crippen LogP contribution in [0.1, 0.15) is 13.8 Å². The summed E-state index contributed by atoms with van der Waals surface area (Å²) in [5.41, 5.74) is 0. The normalized spacial score (nSPS) is 14.0. The zero-order valence-electron chi connectivity index (χ0n) is 7.39. The molecule has 0 aromatic heterocycles. The average molecular weight is 246 g/mol. The van der Waals surface area contributed by atoms with Crippen LogP contribution in [0.5, 0.6) is 0 Å². The lowest BCUT2D eigenvalue weighted by Crippen LogP contribution is -2.29. The first kappa shape index (κ1) is 13.1. The van der Waals surface area contributed by atoms with Crippen molar-refractivity contribution in [3.8, 4) is 0 Å². The Hall–Kier alpha value is 0.0800. The molecule has 0 saturated heterocycles. The molecule has 0 aromatic rings. The molecule has 0 N–H and O–H groups in total. The Bertz CT molecular complexity index is 196. The van der Waals surface area contributed by atoms with Crippen molar-refractivity contribution >= 4 is 40.8 Å². The highest BCUT2D eigenvalue weighted by Gasteiger charge is 2.34. The fourth-order valence-corrected chi connectivity index (χ4v) is 0.780. The summed E-state index contributed by atoms with van der Waals surface area (Å²) in [6.45, 7) is 7.26. The van der Waals surface area contributed by atoms with Crippen LogP contribution >= 0.6 is 34.8 Å². The van der Waals surface area contributed by atoms with Crippen molar-refractivity contribution in [3.63, 3.8) is 0 Å². The predicted molar refractivity (Wildman–Crippen MR) is 55.2 cm³/mol. The third-order valence-electron chi connectivity index (χ3n) is 1.36. The van der Waals surface area contributed by atoms with Crippen LogP contribution in [-0.4, -0.2) is 15.9 Å². The summed E-state index contributed by atoms with van der Waals surface area (Å²) in [6.07, 6.45) is 1.07. The highest BCUT2D eigenvalue weighted by atomic mass is 35.6.